The topological polar surface area (TPSA) is 61.5 Å². The lowest BCUT2D eigenvalue weighted by atomic mass is 10.0. The van der Waals surface area contributed by atoms with E-state index >= 15 is 0 Å². The van der Waals surface area contributed by atoms with Crippen molar-refractivity contribution in [2.24, 2.45) is 0 Å². The summed E-state index contributed by atoms with van der Waals surface area (Å²) in [5, 5.41) is 13.1. The maximum absolute atomic E-state index is 13.3. The van der Waals surface area contributed by atoms with Gasteiger partial charge in [-0.15, -0.1) is 0 Å². The van der Waals surface area contributed by atoms with Gasteiger partial charge >= 0.3 is 0 Å². The van der Waals surface area contributed by atoms with Gasteiger partial charge in [0.05, 0.1) is 5.69 Å². The van der Waals surface area contributed by atoms with Gasteiger partial charge in [0.1, 0.15) is 11.6 Å². The summed E-state index contributed by atoms with van der Waals surface area (Å²) in [6, 6.07) is 2.47. The molecule has 0 aliphatic carbocycles. The van der Waals surface area contributed by atoms with Crippen molar-refractivity contribution in [3.8, 4) is 5.75 Å². The number of nitrogen functional groups attached to an aromatic ring is 1. The third-order valence-corrected chi connectivity index (χ3v) is 3.28. The van der Waals surface area contributed by atoms with Crippen molar-refractivity contribution in [1.29, 1.82) is 0 Å². The first-order valence-corrected chi connectivity index (χ1v) is 5.82. The maximum atomic E-state index is 13.3. The predicted octanol–water partition coefficient (Wildman–Crippen LogP) is 1.08. The fourth-order valence-electron chi connectivity index (χ4n) is 2.23. The summed E-state index contributed by atoms with van der Waals surface area (Å²) in [5.41, 5.74) is 6.23. The molecule has 4 N–H and O–H groups in total. The minimum absolute atomic E-state index is 0.00238. The third kappa shape index (κ3) is 2.50. The van der Waals surface area contributed by atoms with Crippen molar-refractivity contribution >= 4 is 5.69 Å². The van der Waals surface area contributed by atoms with Gasteiger partial charge in [-0.2, -0.15) is 0 Å². The van der Waals surface area contributed by atoms with Gasteiger partial charge in [-0.3, -0.25) is 4.90 Å². The molecule has 0 amide bonds. The van der Waals surface area contributed by atoms with E-state index in [0.717, 1.165) is 32.2 Å². The number of aromatic hydroxyl groups is 1. The minimum atomic E-state index is -0.405. The predicted molar refractivity (Wildman–Crippen MR) is 65.3 cm³/mol. The molecule has 0 saturated carbocycles. The summed E-state index contributed by atoms with van der Waals surface area (Å²) in [7, 11) is 0. The summed E-state index contributed by atoms with van der Waals surface area (Å²) in [5.74, 6) is -0.408. The molecule has 5 heteroatoms. The van der Waals surface area contributed by atoms with E-state index in [0.29, 0.717) is 5.56 Å². The Hall–Kier alpha value is -1.33. The first-order chi connectivity index (χ1) is 8.09. The average Bonchev–Trinajstić information content (AvgIpc) is 2.34. The zero-order valence-electron chi connectivity index (χ0n) is 9.91. The smallest absolute Gasteiger partial charge is 0.143 e. The number of halogens is 1. The summed E-state index contributed by atoms with van der Waals surface area (Å²) in [6.45, 7) is 5.55. The van der Waals surface area contributed by atoms with Crippen LogP contribution in [0.25, 0.3) is 0 Å². The molecule has 2 rings (SSSR count). The highest BCUT2D eigenvalue weighted by molar-refractivity contribution is 5.57. The van der Waals surface area contributed by atoms with E-state index in [1.54, 1.807) is 0 Å². The van der Waals surface area contributed by atoms with Crippen LogP contribution in [0.3, 0.4) is 0 Å². The van der Waals surface area contributed by atoms with Crippen molar-refractivity contribution in [3.05, 3.63) is 23.5 Å². The molecule has 0 spiro atoms. The van der Waals surface area contributed by atoms with Crippen LogP contribution < -0.4 is 11.1 Å². The molecule has 1 aliphatic rings. The van der Waals surface area contributed by atoms with Crippen molar-refractivity contribution in [2.75, 3.05) is 31.9 Å². The van der Waals surface area contributed by atoms with Crippen LogP contribution in [0.5, 0.6) is 5.75 Å². The highest BCUT2D eigenvalue weighted by Gasteiger charge is 2.22. The van der Waals surface area contributed by atoms with Gasteiger partial charge in [0.15, 0.2) is 0 Å². The second-order valence-corrected chi connectivity index (χ2v) is 4.39. The molecule has 1 aromatic carbocycles. The quantitative estimate of drug-likeness (QED) is 0.534. The fraction of sp³-hybridized carbons (Fsp3) is 0.500. The molecule has 17 heavy (non-hydrogen) atoms. The number of anilines is 1. The average molecular weight is 239 g/mol. The molecule has 0 radical (unpaired) electrons. The van der Waals surface area contributed by atoms with Crippen LogP contribution in [0.4, 0.5) is 10.1 Å². The van der Waals surface area contributed by atoms with Gasteiger partial charge in [-0.05, 0) is 13.0 Å². The molecule has 1 heterocycles. The summed E-state index contributed by atoms with van der Waals surface area (Å²) < 4.78 is 13.3. The van der Waals surface area contributed by atoms with E-state index in [1.807, 2.05) is 6.92 Å². The first-order valence-electron chi connectivity index (χ1n) is 5.82. The number of benzene rings is 1. The molecular formula is C12H18FN3O. The number of hydrogen-bond acceptors (Lipinski definition) is 4. The number of nitrogens with zero attached hydrogens (tertiary/aromatic N) is 1. The van der Waals surface area contributed by atoms with Gasteiger partial charge < -0.3 is 16.2 Å². The van der Waals surface area contributed by atoms with Crippen molar-refractivity contribution < 1.29 is 9.50 Å². The van der Waals surface area contributed by atoms with Gasteiger partial charge in [-0.1, -0.05) is 0 Å². The number of piperazine rings is 1. The van der Waals surface area contributed by atoms with E-state index in [9.17, 15) is 9.50 Å². The number of nitrogens with two attached hydrogens (primary N) is 1. The largest absolute Gasteiger partial charge is 0.505 e. The number of phenols is 1. The Morgan fingerprint density at radius 3 is 2.71 bits per heavy atom. The second-order valence-electron chi connectivity index (χ2n) is 4.39. The minimum Gasteiger partial charge on any atom is -0.505 e. The van der Waals surface area contributed by atoms with Crippen LogP contribution in [0.1, 0.15) is 18.5 Å². The third-order valence-electron chi connectivity index (χ3n) is 3.28. The van der Waals surface area contributed by atoms with Crippen LogP contribution in [0, 0.1) is 5.82 Å². The van der Waals surface area contributed by atoms with Crippen molar-refractivity contribution in [3.63, 3.8) is 0 Å². The van der Waals surface area contributed by atoms with E-state index in [-0.39, 0.29) is 17.5 Å². The van der Waals surface area contributed by atoms with Crippen LogP contribution in [0.15, 0.2) is 12.1 Å². The molecule has 1 atom stereocenters. The number of phenolic OH excluding ortho intramolecular Hbond substituents is 1. The van der Waals surface area contributed by atoms with Gasteiger partial charge in [0.2, 0.25) is 0 Å². The zero-order chi connectivity index (χ0) is 12.4. The Kier molecular flexibility index (Phi) is 3.49. The first kappa shape index (κ1) is 12.1. The Morgan fingerprint density at radius 2 is 2.06 bits per heavy atom. The molecule has 94 valence electrons. The van der Waals surface area contributed by atoms with Crippen LogP contribution in [0.2, 0.25) is 0 Å². The Labute approximate surface area is 100 Å². The molecule has 1 fully saturated rings. The molecule has 1 aliphatic heterocycles. The normalized spacial score (nSPS) is 19.2. The van der Waals surface area contributed by atoms with E-state index in [1.165, 1.54) is 6.07 Å². The van der Waals surface area contributed by atoms with E-state index < -0.39 is 5.82 Å². The Balaban J connectivity index is 2.26. The van der Waals surface area contributed by atoms with Crippen LogP contribution in [-0.2, 0) is 0 Å². The van der Waals surface area contributed by atoms with Crippen molar-refractivity contribution in [1.82, 2.24) is 10.2 Å². The summed E-state index contributed by atoms with van der Waals surface area (Å²) >= 11 is 0. The lowest BCUT2D eigenvalue weighted by Crippen LogP contribution is -2.44. The zero-order valence-corrected chi connectivity index (χ0v) is 9.91. The highest BCUT2D eigenvalue weighted by atomic mass is 19.1. The lowest BCUT2D eigenvalue weighted by molar-refractivity contribution is 0.182. The molecule has 0 bridgehead atoms. The molecule has 4 nitrogen and oxygen atoms in total. The molecule has 1 aromatic rings. The number of rotatable bonds is 2. The number of nitrogens with one attached hydrogen (secondary N) is 1. The van der Waals surface area contributed by atoms with Gasteiger partial charge in [-0.25, -0.2) is 4.39 Å². The standard InChI is InChI=1S/C12H18FN3O/c1-8(16-4-2-15-3-5-16)10-6-9(13)7-11(14)12(10)17/h6-8,15,17H,2-5,14H2,1H3/t8-/m1/s1. The highest BCUT2D eigenvalue weighted by Crippen LogP contribution is 2.33. The fourth-order valence-corrected chi connectivity index (χ4v) is 2.23. The van der Waals surface area contributed by atoms with Gasteiger partial charge in [0.25, 0.3) is 0 Å². The van der Waals surface area contributed by atoms with E-state index in [4.69, 9.17) is 5.73 Å². The van der Waals surface area contributed by atoms with Crippen LogP contribution >= 0.6 is 0 Å². The maximum Gasteiger partial charge on any atom is 0.143 e. The SMILES string of the molecule is C[C@H](c1cc(F)cc(N)c1O)N1CCNCC1. The number of hydrogen-bond donors (Lipinski definition) is 3. The lowest BCUT2D eigenvalue weighted by Gasteiger charge is -2.33. The molecule has 0 aromatic heterocycles. The Bertz CT molecular complexity index is 405. The Morgan fingerprint density at radius 1 is 1.41 bits per heavy atom. The second kappa shape index (κ2) is 4.89. The monoisotopic (exact) mass is 239 g/mol. The molecule has 1 saturated heterocycles. The summed E-state index contributed by atoms with van der Waals surface area (Å²) in [6.07, 6.45) is 0. The van der Waals surface area contributed by atoms with Crippen LogP contribution in [-0.4, -0.2) is 36.2 Å². The van der Waals surface area contributed by atoms with Gasteiger partial charge in [0, 0.05) is 43.9 Å². The molecular weight excluding hydrogens is 221 g/mol. The van der Waals surface area contributed by atoms with E-state index in [2.05, 4.69) is 10.2 Å². The molecule has 0 unspecified atom stereocenters. The summed E-state index contributed by atoms with van der Waals surface area (Å²) in [4.78, 5) is 2.20. The van der Waals surface area contributed by atoms with Crippen molar-refractivity contribution in [2.45, 2.75) is 13.0 Å².